The van der Waals surface area contributed by atoms with Crippen molar-refractivity contribution in [2.24, 2.45) is 5.92 Å². The van der Waals surface area contributed by atoms with Gasteiger partial charge in [0.1, 0.15) is 12.1 Å². The maximum Gasteiger partial charge on any atom is 0.216 e. The first-order valence-corrected chi connectivity index (χ1v) is 5.58. The summed E-state index contributed by atoms with van der Waals surface area (Å²) in [6.45, 7) is 4.07. The second-order valence-corrected chi connectivity index (χ2v) is 3.71. The van der Waals surface area contributed by atoms with Crippen molar-refractivity contribution in [3.8, 4) is 5.88 Å². The number of Topliss-reactive ketones (excluding diaryl/α,β-unsaturated/α-hetero) is 1. The molecule has 0 aliphatic carbocycles. The quantitative estimate of drug-likeness (QED) is 0.739. The minimum Gasteiger partial charge on any atom is -0.481 e. The van der Waals surface area contributed by atoms with Crippen LogP contribution in [-0.4, -0.2) is 22.9 Å². The summed E-state index contributed by atoms with van der Waals surface area (Å²) < 4.78 is 4.99. The third-order valence-corrected chi connectivity index (χ3v) is 2.70. The van der Waals surface area contributed by atoms with E-state index in [1.54, 1.807) is 13.2 Å². The van der Waals surface area contributed by atoms with Gasteiger partial charge in [0, 0.05) is 18.4 Å². The van der Waals surface area contributed by atoms with Crippen molar-refractivity contribution < 1.29 is 9.53 Å². The molecule has 16 heavy (non-hydrogen) atoms. The van der Waals surface area contributed by atoms with Crippen molar-refractivity contribution in [3.63, 3.8) is 0 Å². The van der Waals surface area contributed by atoms with Gasteiger partial charge in [-0.2, -0.15) is 0 Å². The number of nitrogens with zero attached hydrogens (tertiary/aromatic N) is 2. The molecule has 0 aliphatic heterocycles. The molecule has 88 valence electrons. The lowest BCUT2D eigenvalue weighted by Crippen LogP contribution is -2.16. The lowest BCUT2D eigenvalue weighted by molar-refractivity contribution is -0.122. The Bertz CT molecular complexity index is 349. The van der Waals surface area contributed by atoms with Crippen LogP contribution in [0, 0.1) is 5.92 Å². The van der Waals surface area contributed by atoms with Gasteiger partial charge in [0.05, 0.1) is 12.8 Å². The van der Waals surface area contributed by atoms with Gasteiger partial charge in [0.25, 0.3) is 0 Å². The third kappa shape index (κ3) is 3.29. The Labute approximate surface area is 96.1 Å². The molecule has 4 nitrogen and oxygen atoms in total. The Morgan fingerprint density at radius 1 is 1.38 bits per heavy atom. The van der Waals surface area contributed by atoms with Gasteiger partial charge < -0.3 is 4.74 Å². The zero-order valence-corrected chi connectivity index (χ0v) is 10.1. The molecule has 0 atom stereocenters. The van der Waals surface area contributed by atoms with Crippen LogP contribution in [0.2, 0.25) is 0 Å². The van der Waals surface area contributed by atoms with E-state index in [1.807, 2.05) is 13.8 Å². The minimum absolute atomic E-state index is 0.140. The van der Waals surface area contributed by atoms with E-state index in [9.17, 15) is 4.79 Å². The predicted octanol–water partition coefficient (Wildman–Crippen LogP) is 2.03. The summed E-state index contributed by atoms with van der Waals surface area (Å²) >= 11 is 0. The van der Waals surface area contributed by atoms with Crippen LogP contribution in [0.5, 0.6) is 5.88 Å². The Morgan fingerprint density at radius 3 is 2.62 bits per heavy atom. The number of ether oxygens (including phenoxy) is 1. The van der Waals surface area contributed by atoms with Crippen LogP contribution < -0.4 is 4.74 Å². The monoisotopic (exact) mass is 222 g/mol. The van der Waals surface area contributed by atoms with Crippen LogP contribution in [0.1, 0.15) is 32.4 Å². The Hall–Kier alpha value is -1.45. The van der Waals surface area contributed by atoms with E-state index in [1.165, 1.54) is 6.33 Å². The van der Waals surface area contributed by atoms with Gasteiger partial charge in [-0.3, -0.25) is 4.79 Å². The summed E-state index contributed by atoms with van der Waals surface area (Å²) in [5.41, 5.74) is 0.726. The van der Waals surface area contributed by atoms with Crippen molar-refractivity contribution in [3.05, 3.63) is 18.1 Å². The van der Waals surface area contributed by atoms with E-state index in [-0.39, 0.29) is 11.7 Å². The summed E-state index contributed by atoms with van der Waals surface area (Å²) in [7, 11) is 1.55. The van der Waals surface area contributed by atoms with Gasteiger partial charge in [-0.15, -0.1) is 0 Å². The van der Waals surface area contributed by atoms with E-state index in [0.29, 0.717) is 12.3 Å². The molecule has 0 spiro atoms. The maximum atomic E-state index is 11.9. The van der Waals surface area contributed by atoms with Gasteiger partial charge in [-0.25, -0.2) is 9.97 Å². The van der Waals surface area contributed by atoms with Crippen molar-refractivity contribution >= 4 is 5.78 Å². The normalized spacial score (nSPS) is 10.5. The Balaban J connectivity index is 2.68. The zero-order valence-electron chi connectivity index (χ0n) is 10.1. The molecule has 0 amide bonds. The molecule has 0 aromatic carbocycles. The number of aromatic nitrogens is 2. The second-order valence-electron chi connectivity index (χ2n) is 3.71. The SMILES string of the molecule is CCC(CC)C(=O)Cc1cc(OC)ncn1. The van der Waals surface area contributed by atoms with Crippen molar-refractivity contribution in [1.82, 2.24) is 9.97 Å². The number of carbonyl (C=O) groups excluding carboxylic acids is 1. The molecule has 0 aliphatic rings. The molecule has 0 saturated carbocycles. The van der Waals surface area contributed by atoms with Crippen molar-refractivity contribution in [2.45, 2.75) is 33.1 Å². The standard InChI is InChI=1S/C12H18N2O2/c1-4-9(5-2)11(15)6-10-7-12(16-3)14-8-13-10/h7-9H,4-6H2,1-3H3. The van der Waals surface area contributed by atoms with Gasteiger partial charge in [-0.05, 0) is 12.8 Å². The minimum atomic E-state index is 0.140. The summed E-state index contributed by atoms with van der Waals surface area (Å²) in [4.78, 5) is 19.8. The summed E-state index contributed by atoms with van der Waals surface area (Å²) in [5.74, 6) is 0.883. The molecular formula is C12H18N2O2. The highest BCUT2D eigenvalue weighted by atomic mass is 16.5. The predicted molar refractivity (Wildman–Crippen MR) is 61.4 cm³/mol. The molecule has 1 heterocycles. The van der Waals surface area contributed by atoms with Crippen molar-refractivity contribution in [2.75, 3.05) is 7.11 Å². The molecule has 1 aromatic rings. The Morgan fingerprint density at radius 2 is 2.06 bits per heavy atom. The summed E-state index contributed by atoms with van der Waals surface area (Å²) in [5, 5.41) is 0. The lowest BCUT2D eigenvalue weighted by atomic mass is 9.95. The molecule has 4 heteroatoms. The van der Waals surface area contributed by atoms with Gasteiger partial charge >= 0.3 is 0 Å². The summed E-state index contributed by atoms with van der Waals surface area (Å²) in [6, 6.07) is 1.71. The maximum absolute atomic E-state index is 11.9. The molecular weight excluding hydrogens is 204 g/mol. The first-order valence-electron chi connectivity index (χ1n) is 5.58. The number of rotatable bonds is 6. The average molecular weight is 222 g/mol. The van der Waals surface area contributed by atoms with Crippen LogP contribution in [0.25, 0.3) is 0 Å². The third-order valence-electron chi connectivity index (χ3n) is 2.70. The molecule has 0 N–H and O–H groups in total. The first-order chi connectivity index (χ1) is 7.71. The van der Waals surface area contributed by atoms with Crippen LogP contribution in [0.3, 0.4) is 0 Å². The highest BCUT2D eigenvalue weighted by Crippen LogP contribution is 2.13. The van der Waals surface area contributed by atoms with E-state index >= 15 is 0 Å². The smallest absolute Gasteiger partial charge is 0.216 e. The lowest BCUT2D eigenvalue weighted by Gasteiger charge is -2.10. The van der Waals surface area contributed by atoms with E-state index < -0.39 is 0 Å². The first kappa shape index (κ1) is 12.6. The zero-order chi connectivity index (χ0) is 12.0. The summed E-state index contributed by atoms with van der Waals surface area (Å²) in [6.07, 6.45) is 3.56. The number of ketones is 1. The molecule has 0 unspecified atom stereocenters. The molecule has 1 aromatic heterocycles. The Kier molecular flexibility index (Phi) is 4.89. The largest absolute Gasteiger partial charge is 0.481 e. The van der Waals surface area contributed by atoms with Crippen molar-refractivity contribution in [1.29, 1.82) is 0 Å². The molecule has 0 bridgehead atoms. The van der Waals surface area contributed by atoms with Crippen LogP contribution in [0.15, 0.2) is 12.4 Å². The highest BCUT2D eigenvalue weighted by Gasteiger charge is 2.15. The number of hydrogen-bond donors (Lipinski definition) is 0. The number of hydrogen-bond acceptors (Lipinski definition) is 4. The topological polar surface area (TPSA) is 52.1 Å². The average Bonchev–Trinajstić information content (AvgIpc) is 2.31. The van der Waals surface area contributed by atoms with E-state index in [0.717, 1.165) is 18.5 Å². The van der Waals surface area contributed by atoms with Gasteiger partial charge in [0.15, 0.2) is 0 Å². The van der Waals surface area contributed by atoms with Crippen LogP contribution in [0.4, 0.5) is 0 Å². The van der Waals surface area contributed by atoms with Crippen LogP contribution >= 0.6 is 0 Å². The second kappa shape index (κ2) is 6.20. The molecule has 0 fully saturated rings. The van der Waals surface area contributed by atoms with E-state index in [4.69, 9.17) is 4.74 Å². The number of carbonyl (C=O) groups is 1. The van der Waals surface area contributed by atoms with Gasteiger partial charge in [0.2, 0.25) is 5.88 Å². The highest BCUT2D eigenvalue weighted by molar-refractivity contribution is 5.82. The van der Waals surface area contributed by atoms with Crippen LogP contribution in [-0.2, 0) is 11.2 Å². The molecule has 0 saturated heterocycles. The van der Waals surface area contributed by atoms with Gasteiger partial charge in [-0.1, -0.05) is 13.8 Å². The fourth-order valence-corrected chi connectivity index (χ4v) is 1.65. The molecule has 0 radical (unpaired) electrons. The fourth-order valence-electron chi connectivity index (χ4n) is 1.65. The fraction of sp³-hybridized carbons (Fsp3) is 0.583. The number of methoxy groups -OCH3 is 1. The molecule has 1 rings (SSSR count). The van der Waals surface area contributed by atoms with E-state index in [2.05, 4.69) is 9.97 Å².